The molecule has 104 valence electrons. The third-order valence-electron chi connectivity index (χ3n) is 3.45. The molecule has 1 unspecified atom stereocenters. The molecule has 0 bridgehead atoms. The Morgan fingerprint density at radius 1 is 1.58 bits per heavy atom. The van der Waals surface area contributed by atoms with Gasteiger partial charge in [-0.3, -0.25) is 4.79 Å². The summed E-state index contributed by atoms with van der Waals surface area (Å²) in [5.41, 5.74) is 5.65. The van der Waals surface area contributed by atoms with Crippen molar-refractivity contribution in [2.24, 2.45) is 10.9 Å². The van der Waals surface area contributed by atoms with Gasteiger partial charge in [0, 0.05) is 19.4 Å². The van der Waals surface area contributed by atoms with Gasteiger partial charge < -0.3 is 20.3 Å². The van der Waals surface area contributed by atoms with Crippen LogP contribution >= 0.6 is 0 Å². The van der Waals surface area contributed by atoms with Crippen molar-refractivity contribution in [3.05, 3.63) is 24.2 Å². The van der Waals surface area contributed by atoms with Gasteiger partial charge in [0.15, 0.2) is 5.84 Å². The van der Waals surface area contributed by atoms with E-state index in [0.29, 0.717) is 19.4 Å². The summed E-state index contributed by atoms with van der Waals surface area (Å²) in [4.78, 5) is 13.9. The van der Waals surface area contributed by atoms with Crippen LogP contribution in [0.15, 0.2) is 28.0 Å². The second kappa shape index (κ2) is 6.26. The molecule has 6 heteroatoms. The summed E-state index contributed by atoms with van der Waals surface area (Å²) in [6.45, 7) is 0.665. The third kappa shape index (κ3) is 3.27. The average molecular weight is 265 g/mol. The van der Waals surface area contributed by atoms with Crippen LogP contribution in [0.3, 0.4) is 0 Å². The molecule has 1 saturated heterocycles. The van der Waals surface area contributed by atoms with Crippen LogP contribution in [0.2, 0.25) is 0 Å². The predicted molar refractivity (Wildman–Crippen MR) is 69.8 cm³/mol. The van der Waals surface area contributed by atoms with Crippen molar-refractivity contribution in [2.75, 3.05) is 6.54 Å². The summed E-state index contributed by atoms with van der Waals surface area (Å²) >= 11 is 0. The maximum absolute atomic E-state index is 12.2. The van der Waals surface area contributed by atoms with Crippen LogP contribution in [-0.4, -0.2) is 34.4 Å². The Labute approximate surface area is 111 Å². The number of aryl methyl sites for hydroxylation is 1. The maximum Gasteiger partial charge on any atom is 0.223 e. The molecule has 2 rings (SSSR count). The highest BCUT2D eigenvalue weighted by molar-refractivity contribution is 5.90. The Morgan fingerprint density at radius 2 is 2.42 bits per heavy atom. The van der Waals surface area contributed by atoms with Crippen molar-refractivity contribution in [1.29, 1.82) is 0 Å². The number of nitrogens with two attached hydrogens (primary N) is 1. The van der Waals surface area contributed by atoms with Crippen molar-refractivity contribution in [3.63, 3.8) is 0 Å². The van der Waals surface area contributed by atoms with E-state index in [1.165, 1.54) is 0 Å². The molecular formula is C13H19N3O3. The topological polar surface area (TPSA) is 92.1 Å². The molecule has 1 aliphatic rings. The van der Waals surface area contributed by atoms with Gasteiger partial charge in [0.25, 0.3) is 0 Å². The van der Waals surface area contributed by atoms with E-state index in [-0.39, 0.29) is 17.8 Å². The fourth-order valence-electron chi connectivity index (χ4n) is 2.43. The van der Waals surface area contributed by atoms with E-state index in [1.807, 2.05) is 6.07 Å². The second-order valence-electron chi connectivity index (χ2n) is 4.70. The minimum Gasteiger partial charge on any atom is -0.469 e. The van der Waals surface area contributed by atoms with Crippen LogP contribution in [-0.2, 0) is 11.2 Å². The van der Waals surface area contributed by atoms with Gasteiger partial charge in [0.05, 0.1) is 12.3 Å². The van der Waals surface area contributed by atoms with Crippen molar-refractivity contribution < 1.29 is 14.4 Å². The van der Waals surface area contributed by atoms with E-state index in [9.17, 15) is 4.79 Å². The van der Waals surface area contributed by atoms with E-state index >= 15 is 0 Å². The number of piperidine rings is 1. The van der Waals surface area contributed by atoms with Crippen LogP contribution in [0.4, 0.5) is 0 Å². The van der Waals surface area contributed by atoms with Crippen molar-refractivity contribution in [1.82, 2.24) is 4.90 Å². The van der Waals surface area contributed by atoms with E-state index < -0.39 is 0 Å². The molecule has 1 aromatic rings. The minimum atomic E-state index is -0.275. The molecule has 0 spiro atoms. The van der Waals surface area contributed by atoms with Gasteiger partial charge in [-0.1, -0.05) is 5.16 Å². The van der Waals surface area contributed by atoms with Crippen LogP contribution in [0, 0.1) is 0 Å². The van der Waals surface area contributed by atoms with Gasteiger partial charge >= 0.3 is 0 Å². The molecule has 1 aliphatic heterocycles. The first-order valence-corrected chi connectivity index (χ1v) is 6.51. The first-order chi connectivity index (χ1) is 9.22. The quantitative estimate of drug-likeness (QED) is 0.372. The molecule has 1 amide bonds. The maximum atomic E-state index is 12.2. The highest BCUT2D eigenvalue weighted by Gasteiger charge is 2.29. The average Bonchev–Trinajstić information content (AvgIpc) is 2.97. The Bertz CT molecular complexity index is 442. The van der Waals surface area contributed by atoms with Crippen LogP contribution in [0.5, 0.6) is 0 Å². The Kier molecular flexibility index (Phi) is 4.43. The molecule has 0 saturated carbocycles. The number of likely N-dealkylation sites (tertiary alicyclic amines) is 1. The molecule has 0 radical (unpaired) electrons. The standard InChI is InChI=1S/C13H19N3O3/c14-13(15-18)11-5-1-2-8-16(11)12(17)7-6-10-4-3-9-19-10/h3-4,9,11,18H,1-2,5-8H2,(H2,14,15). The number of hydrogen-bond donors (Lipinski definition) is 2. The van der Waals surface area contributed by atoms with E-state index in [4.69, 9.17) is 15.4 Å². The second-order valence-corrected chi connectivity index (χ2v) is 4.70. The Hall–Kier alpha value is -1.98. The first-order valence-electron chi connectivity index (χ1n) is 6.51. The number of furan rings is 1. The van der Waals surface area contributed by atoms with Crippen LogP contribution in [0.25, 0.3) is 0 Å². The molecule has 19 heavy (non-hydrogen) atoms. The molecule has 0 aliphatic carbocycles. The van der Waals surface area contributed by atoms with Crippen LogP contribution in [0.1, 0.15) is 31.4 Å². The molecule has 6 nitrogen and oxygen atoms in total. The summed E-state index contributed by atoms with van der Waals surface area (Å²) in [7, 11) is 0. The summed E-state index contributed by atoms with van der Waals surface area (Å²) in [6.07, 6.45) is 5.25. The number of carbonyl (C=O) groups is 1. The van der Waals surface area contributed by atoms with E-state index in [1.54, 1.807) is 17.2 Å². The molecule has 1 atom stereocenters. The van der Waals surface area contributed by atoms with Crippen molar-refractivity contribution in [3.8, 4) is 0 Å². The summed E-state index contributed by atoms with van der Waals surface area (Å²) in [6, 6.07) is 3.38. The minimum absolute atomic E-state index is 0.0210. The summed E-state index contributed by atoms with van der Waals surface area (Å²) in [5.74, 6) is 0.935. The number of carbonyl (C=O) groups excluding carboxylic acids is 1. The van der Waals surface area contributed by atoms with Crippen LogP contribution < -0.4 is 5.73 Å². The SMILES string of the molecule is NC(=NO)C1CCCCN1C(=O)CCc1ccco1. The molecule has 1 fully saturated rings. The van der Waals surface area contributed by atoms with Gasteiger partial charge in [-0.2, -0.15) is 0 Å². The Morgan fingerprint density at radius 3 is 3.11 bits per heavy atom. The zero-order chi connectivity index (χ0) is 13.7. The fraction of sp³-hybridized carbons (Fsp3) is 0.538. The predicted octanol–water partition coefficient (Wildman–Crippen LogP) is 1.34. The number of amides is 1. The lowest BCUT2D eigenvalue weighted by atomic mass is 10.0. The van der Waals surface area contributed by atoms with Gasteiger partial charge in [0.2, 0.25) is 5.91 Å². The van der Waals surface area contributed by atoms with Gasteiger partial charge in [0.1, 0.15) is 5.76 Å². The zero-order valence-electron chi connectivity index (χ0n) is 10.8. The lowest BCUT2D eigenvalue weighted by molar-refractivity contribution is -0.133. The zero-order valence-corrected chi connectivity index (χ0v) is 10.8. The number of amidine groups is 1. The molecule has 0 aromatic carbocycles. The van der Waals surface area contributed by atoms with Gasteiger partial charge in [-0.05, 0) is 31.4 Å². The first kappa shape index (κ1) is 13.5. The normalized spacial score (nSPS) is 20.5. The number of rotatable bonds is 4. The van der Waals surface area contributed by atoms with Gasteiger partial charge in [-0.15, -0.1) is 0 Å². The molecule has 3 N–H and O–H groups in total. The number of nitrogens with zero attached hydrogens (tertiary/aromatic N) is 2. The van der Waals surface area contributed by atoms with Crippen molar-refractivity contribution in [2.45, 2.75) is 38.1 Å². The third-order valence-corrected chi connectivity index (χ3v) is 3.45. The van der Waals surface area contributed by atoms with E-state index in [0.717, 1.165) is 25.0 Å². The smallest absolute Gasteiger partial charge is 0.223 e. The fourth-order valence-corrected chi connectivity index (χ4v) is 2.43. The highest BCUT2D eigenvalue weighted by atomic mass is 16.4. The van der Waals surface area contributed by atoms with Crippen molar-refractivity contribution >= 4 is 11.7 Å². The summed E-state index contributed by atoms with van der Waals surface area (Å²) in [5, 5.41) is 11.8. The number of hydrogen-bond acceptors (Lipinski definition) is 4. The largest absolute Gasteiger partial charge is 0.469 e. The number of oxime groups is 1. The molecular weight excluding hydrogens is 246 g/mol. The monoisotopic (exact) mass is 265 g/mol. The molecule has 1 aromatic heterocycles. The highest BCUT2D eigenvalue weighted by Crippen LogP contribution is 2.19. The van der Waals surface area contributed by atoms with E-state index in [2.05, 4.69) is 5.16 Å². The lowest BCUT2D eigenvalue weighted by Crippen LogP contribution is -2.50. The Balaban J connectivity index is 1.95. The molecule has 2 heterocycles. The van der Waals surface area contributed by atoms with Gasteiger partial charge in [-0.25, -0.2) is 0 Å². The lowest BCUT2D eigenvalue weighted by Gasteiger charge is -2.34. The summed E-state index contributed by atoms with van der Waals surface area (Å²) < 4.78 is 5.21.